The molecule has 6 N–H and O–H groups in total. The summed E-state index contributed by atoms with van der Waals surface area (Å²) in [6, 6.07) is 18.2. The summed E-state index contributed by atoms with van der Waals surface area (Å²) < 4.78 is 0. The van der Waals surface area contributed by atoms with Crippen LogP contribution in [0.5, 0.6) is 0 Å². The molecule has 0 fully saturated rings. The second kappa shape index (κ2) is 17.3. The van der Waals surface area contributed by atoms with E-state index in [0.29, 0.717) is 11.4 Å². The minimum absolute atomic E-state index is 0. The molecule has 0 heterocycles. The molecule has 2 rings (SSSR count). The average Bonchev–Trinajstić information content (AvgIpc) is 2.58. The van der Waals surface area contributed by atoms with Crippen molar-refractivity contribution in [3.63, 3.8) is 0 Å². The van der Waals surface area contributed by atoms with Crippen LogP contribution < -0.4 is 0 Å². The van der Waals surface area contributed by atoms with E-state index in [1.165, 1.54) is 0 Å². The summed E-state index contributed by atoms with van der Waals surface area (Å²) >= 11 is 0. The van der Waals surface area contributed by atoms with E-state index in [9.17, 15) is 0 Å². The topological polar surface area (TPSA) is 197 Å². The fraction of sp³-hybridized carbons (Fsp3) is 0. The number of nitrogens with one attached hydrogen (secondary N) is 2. The van der Waals surface area contributed by atoms with Crippen LogP contribution in [0.4, 0.5) is 11.4 Å². The summed E-state index contributed by atoms with van der Waals surface area (Å²) in [6.07, 6.45) is 0. The molecule has 10 nitrogen and oxygen atoms in total. The Labute approximate surface area is 164 Å². The van der Waals surface area contributed by atoms with Gasteiger partial charge in [-0.1, -0.05) is 60.7 Å². The summed E-state index contributed by atoms with van der Waals surface area (Å²) in [7, 11) is 0. The van der Waals surface area contributed by atoms with Gasteiger partial charge in [-0.05, 0) is 0 Å². The van der Waals surface area contributed by atoms with Crippen LogP contribution in [-0.2, 0) is 36.5 Å². The molecule has 0 aliphatic carbocycles. The second-order valence-corrected chi connectivity index (χ2v) is 3.95. The molecule has 144 valence electrons. The zero-order chi connectivity index (χ0) is 20.5. The Morgan fingerprint density at radius 3 is 0.778 bits per heavy atom. The Morgan fingerprint density at radius 1 is 0.519 bits per heavy atom. The molecule has 0 atom stereocenters. The van der Waals surface area contributed by atoms with Gasteiger partial charge in [-0.3, -0.25) is 0 Å². The number of benzene rings is 2. The van der Waals surface area contributed by atoms with Crippen molar-refractivity contribution in [2.24, 2.45) is 0 Å². The molecule has 2 aromatic rings. The second-order valence-electron chi connectivity index (χ2n) is 3.95. The zero-order valence-electron chi connectivity index (χ0n) is 13.6. The molecular weight excluding hydrogens is 400 g/mol. The van der Waals surface area contributed by atoms with Gasteiger partial charge in [-0.15, -0.1) is 11.4 Å². The maximum absolute atomic E-state index is 9.10. The first-order valence-corrected chi connectivity index (χ1v) is 6.53. The molecule has 2 aromatic carbocycles. The monoisotopic (exact) mass is 416 g/mol. The van der Waals surface area contributed by atoms with Crippen LogP contribution in [0.25, 0.3) is 11.5 Å². The zero-order valence-corrected chi connectivity index (χ0v) is 14.9. The summed E-state index contributed by atoms with van der Waals surface area (Å²) in [6.45, 7) is 0. The molecular formula is C16H16CrN2O8. The third-order valence-corrected chi connectivity index (χ3v) is 1.91. The summed E-state index contributed by atoms with van der Waals surface area (Å²) in [5.41, 5.74) is 15.1. The quantitative estimate of drug-likeness (QED) is 0.470. The largest absolute Gasteiger partial charge is 2.00 e. The van der Waals surface area contributed by atoms with E-state index in [1.54, 1.807) is 24.3 Å². The number of aliphatic carboxylic acids is 4. The smallest absolute Gasteiger partial charge is 0.699 e. The van der Waals surface area contributed by atoms with Crippen LogP contribution in [-0.4, -0.2) is 44.3 Å². The normalized spacial score (nSPS) is 7.70. The Hall–Kier alpha value is -3.55. The molecule has 11 heteroatoms. The van der Waals surface area contributed by atoms with Crippen molar-refractivity contribution in [3.8, 4) is 0 Å². The molecule has 0 aliphatic heterocycles. The predicted molar refractivity (Wildman–Crippen MR) is 91.4 cm³/mol. The molecule has 0 aliphatic rings. The van der Waals surface area contributed by atoms with Crippen molar-refractivity contribution in [3.05, 3.63) is 72.1 Å². The van der Waals surface area contributed by atoms with Gasteiger partial charge in [0, 0.05) is 0 Å². The van der Waals surface area contributed by atoms with Gasteiger partial charge in [-0.2, -0.15) is 0 Å². The number of carboxylic acid groups (broad SMARTS) is 4. The van der Waals surface area contributed by atoms with Gasteiger partial charge < -0.3 is 31.9 Å². The fourth-order valence-corrected chi connectivity index (χ4v) is 0.876. The van der Waals surface area contributed by atoms with Gasteiger partial charge >= 0.3 is 41.2 Å². The van der Waals surface area contributed by atoms with Crippen LogP contribution in [0.15, 0.2) is 60.7 Å². The summed E-state index contributed by atoms with van der Waals surface area (Å²) in [5, 5.41) is 29.6. The molecule has 27 heavy (non-hydrogen) atoms. The number of rotatable bonds is 0. The SMILES string of the molecule is O=C(O)C(=O)O.O=C(O)C(=O)O.[Cr+2].[NH-]c1ccccc1.[NH-]c1ccccc1. The summed E-state index contributed by atoms with van der Waals surface area (Å²) in [5.74, 6) is -7.30. The van der Waals surface area contributed by atoms with Gasteiger partial charge in [0.2, 0.25) is 0 Å². The van der Waals surface area contributed by atoms with Crippen LogP contribution in [0, 0.1) is 0 Å². The molecule has 0 amide bonds. The first kappa shape index (κ1) is 28.3. The number of carbonyl (C=O) groups is 4. The Balaban J connectivity index is -0.000000282. The molecule has 0 radical (unpaired) electrons. The standard InChI is InChI=1S/2C6H6N.2C2H2O4.Cr/c2*7-6-4-2-1-3-5-6;2*3-1(4)2(5)6;/h2*1-5,7H;2*(H,3,4)(H,5,6);/q2*-1;;;+2. The number of hydrogen-bond acceptors (Lipinski definition) is 4. The molecule has 0 unspecified atom stereocenters. The van der Waals surface area contributed by atoms with Crippen LogP contribution in [0.3, 0.4) is 0 Å². The molecule has 0 saturated heterocycles. The van der Waals surface area contributed by atoms with E-state index in [-0.39, 0.29) is 17.4 Å². The van der Waals surface area contributed by atoms with Gasteiger partial charge in [0.1, 0.15) is 0 Å². The Bertz CT molecular complexity index is 611. The van der Waals surface area contributed by atoms with E-state index in [1.807, 2.05) is 36.4 Å². The minimum Gasteiger partial charge on any atom is -0.699 e. The minimum atomic E-state index is -1.82. The predicted octanol–water partition coefficient (Wildman–Crippen LogP) is 3.05. The van der Waals surface area contributed by atoms with Crippen molar-refractivity contribution in [1.82, 2.24) is 0 Å². The van der Waals surface area contributed by atoms with Crippen LogP contribution >= 0.6 is 0 Å². The molecule has 0 bridgehead atoms. The molecule has 0 aromatic heterocycles. The number of hydrogen-bond donors (Lipinski definition) is 4. The van der Waals surface area contributed by atoms with Crippen LogP contribution in [0.1, 0.15) is 0 Å². The van der Waals surface area contributed by atoms with Crippen molar-refractivity contribution in [1.29, 1.82) is 0 Å². The maximum atomic E-state index is 9.10. The van der Waals surface area contributed by atoms with E-state index in [2.05, 4.69) is 0 Å². The van der Waals surface area contributed by atoms with Gasteiger partial charge in [0.05, 0.1) is 0 Å². The van der Waals surface area contributed by atoms with Gasteiger partial charge in [0.25, 0.3) is 0 Å². The third kappa shape index (κ3) is 22.5. The van der Waals surface area contributed by atoms with E-state index in [0.717, 1.165) is 0 Å². The fourth-order valence-electron chi connectivity index (χ4n) is 0.876. The number of carboxylic acids is 4. The molecule has 0 spiro atoms. The van der Waals surface area contributed by atoms with E-state index < -0.39 is 23.9 Å². The van der Waals surface area contributed by atoms with E-state index >= 15 is 0 Å². The van der Waals surface area contributed by atoms with Gasteiger partial charge in [-0.25, -0.2) is 19.2 Å². The Morgan fingerprint density at radius 2 is 0.704 bits per heavy atom. The van der Waals surface area contributed by atoms with E-state index in [4.69, 9.17) is 51.1 Å². The Kier molecular flexibility index (Phi) is 18.1. The van der Waals surface area contributed by atoms with Crippen molar-refractivity contribution in [2.75, 3.05) is 0 Å². The van der Waals surface area contributed by atoms with Crippen molar-refractivity contribution in [2.45, 2.75) is 0 Å². The van der Waals surface area contributed by atoms with Crippen molar-refractivity contribution >= 4 is 35.3 Å². The maximum Gasteiger partial charge on any atom is 2.00 e. The average molecular weight is 416 g/mol. The third-order valence-electron chi connectivity index (χ3n) is 1.91. The van der Waals surface area contributed by atoms with Gasteiger partial charge in [0.15, 0.2) is 0 Å². The van der Waals surface area contributed by atoms with Crippen LogP contribution in [0.2, 0.25) is 0 Å². The van der Waals surface area contributed by atoms with Crippen molar-refractivity contribution < 1.29 is 57.0 Å². The molecule has 0 saturated carbocycles. The summed E-state index contributed by atoms with van der Waals surface area (Å²) in [4.78, 5) is 36.4. The first-order chi connectivity index (χ1) is 12.1. The first-order valence-electron chi connectivity index (χ1n) is 6.53.